The highest BCUT2D eigenvalue weighted by Crippen LogP contribution is 2.23. The van der Waals surface area contributed by atoms with E-state index in [2.05, 4.69) is 10.5 Å². The van der Waals surface area contributed by atoms with E-state index in [1.54, 1.807) is 60.7 Å². The molecule has 1 amide bonds. The summed E-state index contributed by atoms with van der Waals surface area (Å²) in [5.74, 6) is -0.741. The molecule has 0 aliphatic rings. The van der Waals surface area contributed by atoms with Crippen LogP contribution in [0, 0.1) is 11.3 Å². The predicted octanol–water partition coefficient (Wildman–Crippen LogP) is 5.33. The van der Waals surface area contributed by atoms with Crippen LogP contribution in [0.5, 0.6) is 5.75 Å². The molecular weight excluding hydrogens is 421 g/mol. The van der Waals surface area contributed by atoms with Gasteiger partial charge in [-0.2, -0.15) is 10.4 Å². The van der Waals surface area contributed by atoms with E-state index in [-0.39, 0.29) is 0 Å². The summed E-state index contributed by atoms with van der Waals surface area (Å²) >= 11 is 12.0. The van der Waals surface area contributed by atoms with Crippen LogP contribution < -0.4 is 10.2 Å². The molecule has 0 heterocycles. The fraction of sp³-hybridized carbons (Fsp3) is 0.0870. The Morgan fingerprint density at radius 1 is 1.10 bits per heavy atom. The lowest BCUT2D eigenvalue weighted by Crippen LogP contribution is -2.24. The first-order valence-electron chi connectivity index (χ1n) is 9.01. The van der Waals surface area contributed by atoms with E-state index in [0.29, 0.717) is 28.0 Å². The van der Waals surface area contributed by atoms with E-state index in [1.807, 2.05) is 18.2 Å². The minimum atomic E-state index is -0.918. The van der Waals surface area contributed by atoms with E-state index in [9.17, 15) is 10.1 Å². The number of nitrogens with zero attached hydrogens (tertiary/aromatic N) is 2. The number of hydrogen-bond acceptors (Lipinski definition) is 4. The maximum absolute atomic E-state index is 12.2. The molecule has 7 heteroatoms. The Kier molecular flexibility index (Phi) is 7.45. The summed E-state index contributed by atoms with van der Waals surface area (Å²) in [7, 11) is 0. The number of hydrogen-bond donors (Lipinski definition) is 1. The van der Waals surface area contributed by atoms with Crippen molar-refractivity contribution in [3.8, 4) is 11.8 Å². The van der Waals surface area contributed by atoms with Crippen molar-refractivity contribution in [2.24, 2.45) is 5.10 Å². The molecular formula is C23H17Cl2N3O2. The second-order valence-corrected chi connectivity index (χ2v) is 7.14. The molecule has 1 atom stereocenters. The Bertz CT molecular complexity index is 1080. The quantitative estimate of drug-likeness (QED) is 0.400. The molecule has 0 saturated heterocycles. The van der Waals surface area contributed by atoms with Gasteiger partial charge in [-0.15, -0.1) is 0 Å². The lowest BCUT2D eigenvalue weighted by Gasteiger charge is -2.08. The molecule has 0 aliphatic heterocycles. The van der Waals surface area contributed by atoms with Crippen molar-refractivity contribution in [1.82, 2.24) is 5.43 Å². The number of rotatable bonds is 7. The monoisotopic (exact) mass is 437 g/mol. The number of carbonyl (C=O) groups is 1. The number of benzene rings is 3. The van der Waals surface area contributed by atoms with Crippen LogP contribution in [-0.2, 0) is 11.4 Å². The van der Waals surface area contributed by atoms with Gasteiger partial charge in [-0.25, -0.2) is 5.43 Å². The fourth-order valence-electron chi connectivity index (χ4n) is 2.61. The van der Waals surface area contributed by atoms with E-state index in [0.717, 1.165) is 11.1 Å². The SMILES string of the molecule is N#C[C@@H](C(=O)N/N=C\c1ccc(OCc2ccc(Cl)cc2Cl)cc1)c1ccccc1. The Morgan fingerprint density at radius 2 is 1.83 bits per heavy atom. The Hall–Kier alpha value is -3.33. The molecule has 0 fully saturated rings. The van der Waals surface area contributed by atoms with Crippen molar-refractivity contribution < 1.29 is 9.53 Å². The molecule has 1 N–H and O–H groups in total. The predicted molar refractivity (Wildman–Crippen MR) is 118 cm³/mol. The lowest BCUT2D eigenvalue weighted by molar-refractivity contribution is -0.121. The van der Waals surface area contributed by atoms with Crippen LogP contribution in [0.25, 0.3) is 0 Å². The fourth-order valence-corrected chi connectivity index (χ4v) is 3.08. The number of ether oxygens (including phenoxy) is 1. The van der Waals surface area contributed by atoms with Gasteiger partial charge in [-0.3, -0.25) is 4.79 Å². The molecule has 0 unspecified atom stereocenters. The Labute approximate surface area is 184 Å². The number of nitrogens with one attached hydrogen (secondary N) is 1. The van der Waals surface area contributed by atoms with E-state index < -0.39 is 11.8 Å². The average Bonchev–Trinajstić information content (AvgIpc) is 2.75. The molecule has 0 bridgehead atoms. The van der Waals surface area contributed by atoms with E-state index in [4.69, 9.17) is 27.9 Å². The highest BCUT2D eigenvalue weighted by Gasteiger charge is 2.19. The third-order valence-electron chi connectivity index (χ3n) is 4.20. The molecule has 3 aromatic rings. The minimum Gasteiger partial charge on any atom is -0.489 e. The Balaban J connectivity index is 1.54. The summed E-state index contributed by atoms with van der Waals surface area (Å²) in [6.07, 6.45) is 1.50. The second-order valence-electron chi connectivity index (χ2n) is 6.30. The van der Waals surface area contributed by atoms with E-state index in [1.165, 1.54) is 6.21 Å². The van der Waals surface area contributed by atoms with Gasteiger partial charge in [0.2, 0.25) is 0 Å². The zero-order valence-corrected chi connectivity index (χ0v) is 17.3. The minimum absolute atomic E-state index is 0.314. The first-order valence-corrected chi connectivity index (χ1v) is 9.76. The average molecular weight is 438 g/mol. The van der Waals surface area contributed by atoms with Crippen molar-refractivity contribution >= 4 is 35.3 Å². The van der Waals surface area contributed by atoms with Crippen LogP contribution in [0.3, 0.4) is 0 Å². The standard InChI is InChI=1S/C23H17Cl2N3O2/c24-19-9-8-18(22(25)12-19)15-30-20-10-6-16(7-11-20)14-27-28-23(29)21(13-26)17-4-2-1-3-5-17/h1-12,14,21H,15H2,(H,28,29)/b27-14-/t21-/m1/s1. The van der Waals surface area contributed by atoms with Gasteiger partial charge in [0, 0.05) is 15.6 Å². The van der Waals surface area contributed by atoms with Gasteiger partial charge in [0.15, 0.2) is 5.92 Å². The van der Waals surface area contributed by atoms with Crippen molar-refractivity contribution in [3.05, 3.63) is 99.5 Å². The van der Waals surface area contributed by atoms with Gasteiger partial charge >= 0.3 is 0 Å². The van der Waals surface area contributed by atoms with Gasteiger partial charge in [0.25, 0.3) is 5.91 Å². The molecule has 0 radical (unpaired) electrons. The maximum Gasteiger partial charge on any atom is 0.261 e. The van der Waals surface area contributed by atoms with Crippen LogP contribution in [0.2, 0.25) is 10.0 Å². The van der Waals surface area contributed by atoms with Gasteiger partial charge < -0.3 is 4.74 Å². The molecule has 0 spiro atoms. The summed E-state index contributed by atoms with van der Waals surface area (Å²) in [6.45, 7) is 0.314. The largest absolute Gasteiger partial charge is 0.489 e. The number of carbonyl (C=O) groups excluding carboxylic acids is 1. The zero-order chi connectivity index (χ0) is 21.3. The third-order valence-corrected chi connectivity index (χ3v) is 4.79. The summed E-state index contributed by atoms with van der Waals surface area (Å²) in [4.78, 5) is 12.2. The number of hydrazone groups is 1. The molecule has 150 valence electrons. The molecule has 3 aromatic carbocycles. The van der Waals surface area contributed by atoms with Crippen molar-refractivity contribution in [3.63, 3.8) is 0 Å². The summed E-state index contributed by atoms with van der Waals surface area (Å²) in [5.41, 5.74) is 4.62. The first kappa shape index (κ1) is 21.4. The molecule has 0 saturated carbocycles. The number of halogens is 2. The second kappa shape index (κ2) is 10.4. The smallest absolute Gasteiger partial charge is 0.261 e. The van der Waals surface area contributed by atoms with Crippen molar-refractivity contribution in [1.29, 1.82) is 5.26 Å². The molecule has 3 rings (SSSR count). The molecule has 0 aliphatic carbocycles. The summed E-state index contributed by atoms with van der Waals surface area (Å²) < 4.78 is 5.73. The van der Waals surface area contributed by atoms with Crippen molar-refractivity contribution in [2.75, 3.05) is 0 Å². The Morgan fingerprint density at radius 3 is 2.50 bits per heavy atom. The normalized spacial score (nSPS) is 11.6. The lowest BCUT2D eigenvalue weighted by atomic mass is 10.0. The summed E-state index contributed by atoms with van der Waals surface area (Å²) in [6, 6.07) is 23.2. The van der Waals surface area contributed by atoms with E-state index >= 15 is 0 Å². The molecule has 0 aromatic heterocycles. The van der Waals surface area contributed by atoms with Gasteiger partial charge in [0.05, 0.1) is 12.3 Å². The third kappa shape index (κ3) is 5.84. The van der Waals surface area contributed by atoms with Crippen LogP contribution in [0.15, 0.2) is 77.9 Å². The highest BCUT2D eigenvalue weighted by atomic mass is 35.5. The number of amides is 1. The zero-order valence-electron chi connectivity index (χ0n) is 15.8. The van der Waals surface area contributed by atoms with Crippen LogP contribution >= 0.6 is 23.2 Å². The molecule has 30 heavy (non-hydrogen) atoms. The van der Waals surface area contributed by atoms with Gasteiger partial charge in [0.1, 0.15) is 12.4 Å². The topological polar surface area (TPSA) is 74.5 Å². The molecule has 5 nitrogen and oxygen atoms in total. The highest BCUT2D eigenvalue weighted by molar-refractivity contribution is 6.35. The van der Waals surface area contributed by atoms with Crippen LogP contribution in [0.4, 0.5) is 0 Å². The van der Waals surface area contributed by atoms with Crippen LogP contribution in [0.1, 0.15) is 22.6 Å². The van der Waals surface area contributed by atoms with Crippen LogP contribution in [-0.4, -0.2) is 12.1 Å². The first-order chi connectivity index (χ1) is 14.6. The number of nitriles is 1. The maximum atomic E-state index is 12.2. The summed E-state index contributed by atoms with van der Waals surface area (Å²) in [5, 5.41) is 14.3. The van der Waals surface area contributed by atoms with Crippen molar-refractivity contribution in [2.45, 2.75) is 12.5 Å². The van der Waals surface area contributed by atoms with Gasteiger partial charge in [-0.1, -0.05) is 59.6 Å². The van der Waals surface area contributed by atoms with Gasteiger partial charge in [-0.05, 0) is 47.5 Å².